The summed E-state index contributed by atoms with van der Waals surface area (Å²) in [5.41, 5.74) is 0.754. The third-order valence-electron chi connectivity index (χ3n) is 3.96. The lowest BCUT2D eigenvalue weighted by Crippen LogP contribution is -2.34. The molecule has 1 aliphatic heterocycles. The smallest absolute Gasteiger partial charge is 0.230 e. The molecular weight excluding hydrogens is 302 g/mol. The molecule has 0 unspecified atom stereocenters. The molecule has 118 valence electrons. The van der Waals surface area contributed by atoms with Crippen molar-refractivity contribution in [3.63, 3.8) is 0 Å². The lowest BCUT2D eigenvalue weighted by molar-refractivity contribution is 0.295. The Bertz CT molecular complexity index is 753. The van der Waals surface area contributed by atoms with Gasteiger partial charge < -0.3 is 9.84 Å². The highest BCUT2D eigenvalue weighted by Gasteiger charge is 2.25. The standard InChI is InChI=1S/C15H19N3O3S/c1-10-9-12(7-8-16-10)15-17-14(18-21-15)11-3-5-13(6-4-11)22(2,19)20/h3-6,10,12,16H,7-9H2,1-2H3/t10-,12-/m0/s1. The van der Waals surface area contributed by atoms with Crippen molar-refractivity contribution in [3.05, 3.63) is 30.2 Å². The lowest BCUT2D eigenvalue weighted by atomic mass is 9.93. The van der Waals surface area contributed by atoms with E-state index in [0.29, 0.717) is 17.8 Å². The van der Waals surface area contributed by atoms with Gasteiger partial charge in [0.2, 0.25) is 11.7 Å². The normalized spacial score (nSPS) is 22.6. The SMILES string of the molecule is C[C@H]1C[C@@H](c2nc(-c3ccc(S(C)(=O)=O)cc3)no2)CCN1. The molecule has 2 atom stereocenters. The van der Waals surface area contributed by atoms with E-state index in [1.54, 1.807) is 24.3 Å². The second-order valence-corrected chi connectivity index (χ2v) is 7.84. The summed E-state index contributed by atoms with van der Waals surface area (Å²) in [6, 6.07) is 6.98. The van der Waals surface area contributed by atoms with E-state index in [-0.39, 0.29) is 10.8 Å². The monoisotopic (exact) mass is 321 g/mol. The van der Waals surface area contributed by atoms with Crippen molar-refractivity contribution in [1.29, 1.82) is 0 Å². The first-order valence-corrected chi connectivity index (χ1v) is 9.20. The van der Waals surface area contributed by atoms with Gasteiger partial charge in [0.1, 0.15) is 0 Å². The fourth-order valence-electron chi connectivity index (χ4n) is 2.73. The number of nitrogens with zero attached hydrogens (tertiary/aromatic N) is 2. The average Bonchev–Trinajstić information content (AvgIpc) is 2.96. The van der Waals surface area contributed by atoms with Gasteiger partial charge in [-0.3, -0.25) is 0 Å². The first-order chi connectivity index (χ1) is 10.4. The van der Waals surface area contributed by atoms with Crippen LogP contribution in [0, 0.1) is 0 Å². The van der Waals surface area contributed by atoms with Crippen LogP contribution < -0.4 is 5.32 Å². The fourth-order valence-corrected chi connectivity index (χ4v) is 3.36. The summed E-state index contributed by atoms with van der Waals surface area (Å²) in [5, 5.41) is 7.42. The van der Waals surface area contributed by atoms with Crippen LogP contribution in [0.25, 0.3) is 11.4 Å². The van der Waals surface area contributed by atoms with Crippen LogP contribution in [0.1, 0.15) is 31.6 Å². The molecule has 0 amide bonds. The summed E-state index contributed by atoms with van der Waals surface area (Å²) in [6.07, 6.45) is 3.15. The van der Waals surface area contributed by atoms with Crippen LogP contribution in [0.15, 0.2) is 33.7 Å². The maximum Gasteiger partial charge on any atom is 0.230 e. The number of hydrogen-bond donors (Lipinski definition) is 1. The Balaban J connectivity index is 1.81. The van der Waals surface area contributed by atoms with Gasteiger partial charge in [0, 0.05) is 23.8 Å². The molecule has 0 bridgehead atoms. The van der Waals surface area contributed by atoms with Crippen molar-refractivity contribution in [2.75, 3.05) is 12.8 Å². The van der Waals surface area contributed by atoms with E-state index in [9.17, 15) is 8.42 Å². The quantitative estimate of drug-likeness (QED) is 0.930. The molecule has 6 nitrogen and oxygen atoms in total. The Morgan fingerprint density at radius 2 is 2.00 bits per heavy atom. The molecule has 1 aromatic carbocycles. The van der Waals surface area contributed by atoms with Gasteiger partial charge in [0.25, 0.3) is 0 Å². The number of nitrogens with one attached hydrogen (secondary N) is 1. The van der Waals surface area contributed by atoms with E-state index >= 15 is 0 Å². The zero-order chi connectivity index (χ0) is 15.7. The molecule has 7 heteroatoms. The Kier molecular flexibility index (Phi) is 4.01. The average molecular weight is 321 g/mol. The summed E-state index contributed by atoms with van der Waals surface area (Å²) in [4.78, 5) is 4.76. The highest BCUT2D eigenvalue weighted by molar-refractivity contribution is 7.90. The van der Waals surface area contributed by atoms with E-state index in [0.717, 1.165) is 24.9 Å². The number of hydrogen-bond acceptors (Lipinski definition) is 6. The van der Waals surface area contributed by atoms with Gasteiger partial charge in [0.05, 0.1) is 4.90 Å². The minimum Gasteiger partial charge on any atom is -0.339 e. The first kappa shape index (κ1) is 15.2. The van der Waals surface area contributed by atoms with Gasteiger partial charge in [-0.15, -0.1) is 0 Å². The molecule has 0 radical (unpaired) electrons. The minimum absolute atomic E-state index is 0.284. The van der Waals surface area contributed by atoms with Crippen molar-refractivity contribution >= 4 is 9.84 Å². The number of piperidine rings is 1. The molecule has 1 aromatic heterocycles. The van der Waals surface area contributed by atoms with Crippen LogP contribution in [-0.4, -0.2) is 37.4 Å². The van der Waals surface area contributed by atoms with E-state index in [2.05, 4.69) is 22.4 Å². The maximum atomic E-state index is 11.5. The van der Waals surface area contributed by atoms with E-state index < -0.39 is 9.84 Å². The van der Waals surface area contributed by atoms with Crippen LogP contribution in [0.5, 0.6) is 0 Å². The van der Waals surface area contributed by atoms with Crippen LogP contribution in [0.2, 0.25) is 0 Å². The topological polar surface area (TPSA) is 85.1 Å². The predicted octanol–water partition coefficient (Wildman–Crippen LogP) is 2.00. The van der Waals surface area contributed by atoms with E-state index in [1.807, 2.05) is 0 Å². The van der Waals surface area contributed by atoms with Gasteiger partial charge in [-0.2, -0.15) is 4.98 Å². The van der Waals surface area contributed by atoms with Crippen LogP contribution in [0.3, 0.4) is 0 Å². The third kappa shape index (κ3) is 3.20. The minimum atomic E-state index is -3.19. The van der Waals surface area contributed by atoms with E-state index in [1.165, 1.54) is 6.26 Å². The van der Waals surface area contributed by atoms with Gasteiger partial charge in [-0.05, 0) is 50.6 Å². The second-order valence-electron chi connectivity index (χ2n) is 5.83. The zero-order valence-electron chi connectivity index (χ0n) is 12.6. The summed E-state index contributed by atoms with van der Waals surface area (Å²) >= 11 is 0. The molecule has 0 saturated carbocycles. The Morgan fingerprint density at radius 1 is 1.27 bits per heavy atom. The Morgan fingerprint density at radius 3 is 2.64 bits per heavy atom. The van der Waals surface area contributed by atoms with Crippen molar-refractivity contribution in [1.82, 2.24) is 15.5 Å². The summed E-state index contributed by atoms with van der Waals surface area (Å²) in [6.45, 7) is 3.10. The summed E-state index contributed by atoms with van der Waals surface area (Å²) in [5.74, 6) is 1.45. The highest BCUT2D eigenvalue weighted by atomic mass is 32.2. The number of aromatic nitrogens is 2. The molecule has 1 fully saturated rings. The lowest BCUT2D eigenvalue weighted by Gasteiger charge is -2.25. The molecule has 0 aliphatic carbocycles. The van der Waals surface area contributed by atoms with Crippen molar-refractivity contribution in [2.24, 2.45) is 0 Å². The Hall–Kier alpha value is -1.73. The molecule has 1 N–H and O–H groups in total. The number of benzene rings is 1. The second kappa shape index (κ2) is 5.81. The molecule has 2 aromatic rings. The third-order valence-corrected chi connectivity index (χ3v) is 5.08. The van der Waals surface area contributed by atoms with Gasteiger partial charge in [-0.1, -0.05) is 5.16 Å². The molecular formula is C15H19N3O3S. The molecule has 0 spiro atoms. The fraction of sp³-hybridized carbons (Fsp3) is 0.467. The number of rotatable bonds is 3. The van der Waals surface area contributed by atoms with E-state index in [4.69, 9.17) is 4.52 Å². The van der Waals surface area contributed by atoms with Crippen molar-refractivity contribution in [3.8, 4) is 11.4 Å². The van der Waals surface area contributed by atoms with Crippen molar-refractivity contribution in [2.45, 2.75) is 36.6 Å². The van der Waals surface area contributed by atoms with Crippen LogP contribution >= 0.6 is 0 Å². The molecule has 22 heavy (non-hydrogen) atoms. The zero-order valence-corrected chi connectivity index (χ0v) is 13.4. The number of sulfone groups is 1. The van der Waals surface area contributed by atoms with Crippen molar-refractivity contribution < 1.29 is 12.9 Å². The maximum absolute atomic E-state index is 11.5. The Labute approximate surface area is 129 Å². The van der Waals surface area contributed by atoms with Gasteiger partial charge >= 0.3 is 0 Å². The molecule has 3 rings (SSSR count). The van der Waals surface area contributed by atoms with Crippen LogP contribution in [-0.2, 0) is 9.84 Å². The van der Waals surface area contributed by atoms with Gasteiger partial charge in [-0.25, -0.2) is 8.42 Å². The summed E-state index contributed by atoms with van der Waals surface area (Å²) in [7, 11) is -3.19. The molecule has 1 aliphatic rings. The molecule has 1 saturated heterocycles. The largest absolute Gasteiger partial charge is 0.339 e. The summed E-state index contributed by atoms with van der Waals surface area (Å²) < 4.78 is 28.3. The first-order valence-electron chi connectivity index (χ1n) is 7.31. The van der Waals surface area contributed by atoms with Gasteiger partial charge in [0.15, 0.2) is 9.84 Å². The predicted molar refractivity (Wildman–Crippen MR) is 82.3 cm³/mol. The highest BCUT2D eigenvalue weighted by Crippen LogP contribution is 2.28. The van der Waals surface area contributed by atoms with Crippen LogP contribution in [0.4, 0.5) is 0 Å². The molecule has 2 heterocycles.